The van der Waals surface area contributed by atoms with Gasteiger partial charge in [0, 0.05) is 38.3 Å². The predicted molar refractivity (Wildman–Crippen MR) is 114 cm³/mol. The number of rotatable bonds is 8. The van der Waals surface area contributed by atoms with E-state index < -0.39 is 0 Å². The van der Waals surface area contributed by atoms with Crippen LogP contribution in [0.3, 0.4) is 0 Å². The molecule has 1 aliphatic rings. The molecule has 0 atom stereocenters. The van der Waals surface area contributed by atoms with Crippen molar-refractivity contribution in [2.75, 3.05) is 58.7 Å². The van der Waals surface area contributed by atoms with E-state index in [1.165, 1.54) is 0 Å². The summed E-state index contributed by atoms with van der Waals surface area (Å²) < 4.78 is 10.5. The first-order valence-corrected chi connectivity index (χ1v) is 10.2. The fraction of sp³-hybridized carbons (Fsp3) is 0.429. The Labute approximate surface area is 176 Å². The maximum Gasteiger partial charge on any atom is 0.278 e. The van der Waals surface area contributed by atoms with E-state index in [1.807, 2.05) is 36.4 Å². The lowest BCUT2D eigenvalue weighted by atomic mass is 10.2. The number of hydrogen-bond donors (Lipinski definition) is 1. The number of benzene rings is 1. The number of likely N-dealkylation sites (N-methyl/N-ethyl adjacent to an activating group) is 1. The Hall–Kier alpha value is -3.04. The Kier molecular flexibility index (Phi) is 6.50. The number of nitrogens with zero attached hydrogens (tertiary/aromatic N) is 6. The molecule has 0 bridgehead atoms. The van der Waals surface area contributed by atoms with Crippen LogP contribution < -0.4 is 10.1 Å². The molecule has 158 valence electrons. The third-order valence-corrected chi connectivity index (χ3v) is 5.21. The van der Waals surface area contributed by atoms with Gasteiger partial charge in [0.1, 0.15) is 11.6 Å². The number of nitrogens with one attached hydrogen (secondary N) is 1. The van der Waals surface area contributed by atoms with Crippen molar-refractivity contribution in [1.29, 1.82) is 0 Å². The largest absolute Gasteiger partial charge is 0.497 e. The molecule has 30 heavy (non-hydrogen) atoms. The molecule has 3 heterocycles. The highest BCUT2D eigenvalue weighted by Crippen LogP contribution is 2.23. The van der Waals surface area contributed by atoms with Crippen LogP contribution in [0, 0.1) is 0 Å². The smallest absolute Gasteiger partial charge is 0.278 e. The fourth-order valence-corrected chi connectivity index (χ4v) is 3.32. The van der Waals surface area contributed by atoms with Crippen LogP contribution in [0.4, 0.5) is 5.82 Å². The zero-order valence-electron chi connectivity index (χ0n) is 17.4. The van der Waals surface area contributed by atoms with Gasteiger partial charge in [0.25, 0.3) is 5.89 Å². The van der Waals surface area contributed by atoms with Crippen molar-refractivity contribution < 1.29 is 9.26 Å². The molecule has 1 N–H and O–H groups in total. The van der Waals surface area contributed by atoms with Crippen LogP contribution in [0.1, 0.15) is 6.42 Å². The Bertz CT molecular complexity index is 919. The van der Waals surface area contributed by atoms with Crippen LogP contribution in [0.5, 0.6) is 5.75 Å². The van der Waals surface area contributed by atoms with Crippen LogP contribution >= 0.6 is 0 Å². The highest BCUT2D eigenvalue weighted by atomic mass is 16.5. The first kappa shape index (κ1) is 20.2. The maximum absolute atomic E-state index is 5.35. The van der Waals surface area contributed by atoms with Crippen LogP contribution in [0.2, 0.25) is 0 Å². The van der Waals surface area contributed by atoms with Crippen LogP contribution in [0.25, 0.3) is 23.0 Å². The number of aromatic nitrogens is 4. The third kappa shape index (κ3) is 5.11. The van der Waals surface area contributed by atoms with Crippen LogP contribution in [-0.2, 0) is 0 Å². The molecule has 2 aromatic heterocycles. The second kappa shape index (κ2) is 9.64. The van der Waals surface area contributed by atoms with E-state index in [-0.39, 0.29) is 0 Å². The van der Waals surface area contributed by atoms with Gasteiger partial charge < -0.3 is 24.4 Å². The summed E-state index contributed by atoms with van der Waals surface area (Å²) in [4.78, 5) is 9.29. The summed E-state index contributed by atoms with van der Waals surface area (Å²) in [5, 5.41) is 15.8. The normalized spacial score (nSPS) is 15.3. The highest BCUT2D eigenvalue weighted by molar-refractivity contribution is 5.59. The number of anilines is 1. The third-order valence-electron chi connectivity index (χ3n) is 5.21. The summed E-state index contributed by atoms with van der Waals surface area (Å²) in [5.74, 6) is 2.36. The Morgan fingerprint density at radius 2 is 1.83 bits per heavy atom. The van der Waals surface area contributed by atoms with Gasteiger partial charge in [0.05, 0.1) is 7.11 Å². The van der Waals surface area contributed by atoms with E-state index in [2.05, 4.69) is 42.5 Å². The van der Waals surface area contributed by atoms with Crippen molar-refractivity contribution in [3.05, 3.63) is 36.4 Å². The average molecular weight is 409 g/mol. The van der Waals surface area contributed by atoms with Gasteiger partial charge in [-0.05, 0) is 56.4 Å². The molecule has 0 saturated carbocycles. The lowest BCUT2D eigenvalue weighted by Gasteiger charge is -2.32. The number of piperazine rings is 1. The van der Waals surface area contributed by atoms with E-state index in [1.54, 1.807) is 7.11 Å². The lowest BCUT2D eigenvalue weighted by Crippen LogP contribution is -2.44. The first-order chi connectivity index (χ1) is 14.7. The topological polar surface area (TPSA) is 92.4 Å². The fourth-order valence-electron chi connectivity index (χ4n) is 3.32. The zero-order valence-corrected chi connectivity index (χ0v) is 17.4. The number of methoxy groups -OCH3 is 1. The standard InChI is InChI=1S/C21H27N7O2/c1-27-12-14-28(15-13-27)11-3-10-22-19-9-8-18(24-25-19)21-23-20(26-30-21)16-4-6-17(29-2)7-5-16/h4-9H,3,10-15H2,1-2H3,(H,22,25). The number of ether oxygens (including phenoxy) is 1. The maximum atomic E-state index is 5.35. The van der Waals surface area contributed by atoms with Crippen molar-refractivity contribution in [3.8, 4) is 28.7 Å². The molecule has 1 saturated heterocycles. The van der Waals surface area contributed by atoms with Crippen molar-refractivity contribution in [2.24, 2.45) is 0 Å². The summed E-state index contributed by atoms with van der Waals surface area (Å²) in [5.41, 5.74) is 1.39. The second-order valence-corrected chi connectivity index (χ2v) is 7.38. The van der Waals surface area contributed by atoms with E-state index >= 15 is 0 Å². The lowest BCUT2D eigenvalue weighted by molar-refractivity contribution is 0.154. The molecule has 1 fully saturated rings. The van der Waals surface area contributed by atoms with E-state index in [9.17, 15) is 0 Å². The van der Waals surface area contributed by atoms with Gasteiger partial charge in [-0.2, -0.15) is 4.98 Å². The minimum atomic E-state index is 0.343. The Balaban J connectivity index is 1.27. The Morgan fingerprint density at radius 3 is 2.53 bits per heavy atom. The summed E-state index contributed by atoms with van der Waals surface area (Å²) in [6.07, 6.45) is 1.07. The highest BCUT2D eigenvalue weighted by Gasteiger charge is 2.14. The van der Waals surface area contributed by atoms with Crippen molar-refractivity contribution in [1.82, 2.24) is 30.1 Å². The van der Waals surface area contributed by atoms with Gasteiger partial charge in [-0.25, -0.2) is 0 Å². The van der Waals surface area contributed by atoms with Crippen molar-refractivity contribution >= 4 is 5.82 Å². The predicted octanol–water partition coefficient (Wildman–Crippen LogP) is 2.25. The van der Waals surface area contributed by atoms with Crippen LogP contribution in [-0.4, -0.2) is 83.6 Å². The van der Waals surface area contributed by atoms with Gasteiger partial charge in [0.15, 0.2) is 5.69 Å². The zero-order chi connectivity index (χ0) is 20.8. The minimum Gasteiger partial charge on any atom is -0.497 e. The summed E-state index contributed by atoms with van der Waals surface area (Å²) in [6.45, 7) is 6.55. The van der Waals surface area contributed by atoms with Gasteiger partial charge in [-0.1, -0.05) is 5.16 Å². The Morgan fingerprint density at radius 1 is 1.03 bits per heavy atom. The molecule has 1 aliphatic heterocycles. The molecule has 0 spiro atoms. The molecular weight excluding hydrogens is 382 g/mol. The second-order valence-electron chi connectivity index (χ2n) is 7.38. The van der Waals surface area contributed by atoms with Crippen LogP contribution in [0.15, 0.2) is 40.9 Å². The van der Waals surface area contributed by atoms with E-state index in [0.717, 1.165) is 62.8 Å². The molecule has 9 heteroatoms. The van der Waals surface area contributed by atoms with Crippen molar-refractivity contribution in [3.63, 3.8) is 0 Å². The molecular formula is C21H27N7O2. The molecule has 0 aliphatic carbocycles. The molecule has 1 aromatic carbocycles. The van der Waals surface area contributed by atoms with Gasteiger partial charge in [0.2, 0.25) is 5.82 Å². The van der Waals surface area contributed by atoms with Gasteiger partial charge >= 0.3 is 0 Å². The first-order valence-electron chi connectivity index (χ1n) is 10.2. The molecule has 3 aromatic rings. The average Bonchev–Trinajstić information content (AvgIpc) is 3.29. The van der Waals surface area contributed by atoms with Gasteiger partial charge in [-0.15, -0.1) is 10.2 Å². The molecule has 0 unspecified atom stereocenters. The molecule has 0 amide bonds. The number of hydrogen-bond acceptors (Lipinski definition) is 9. The van der Waals surface area contributed by atoms with Crippen molar-refractivity contribution in [2.45, 2.75) is 6.42 Å². The molecule has 0 radical (unpaired) electrons. The monoisotopic (exact) mass is 409 g/mol. The van der Waals surface area contributed by atoms with Gasteiger partial charge in [-0.3, -0.25) is 0 Å². The summed E-state index contributed by atoms with van der Waals surface area (Å²) in [6, 6.07) is 11.2. The molecule has 9 nitrogen and oxygen atoms in total. The van der Waals surface area contributed by atoms with E-state index in [4.69, 9.17) is 9.26 Å². The minimum absolute atomic E-state index is 0.343. The SMILES string of the molecule is COc1ccc(-c2noc(-c3ccc(NCCCN4CCN(C)CC4)nn3)n2)cc1. The summed E-state index contributed by atoms with van der Waals surface area (Å²) in [7, 11) is 3.81. The molecule has 4 rings (SSSR count). The quantitative estimate of drug-likeness (QED) is 0.562. The summed E-state index contributed by atoms with van der Waals surface area (Å²) >= 11 is 0. The van der Waals surface area contributed by atoms with E-state index in [0.29, 0.717) is 17.4 Å².